The van der Waals surface area contributed by atoms with E-state index in [1.54, 1.807) is 0 Å². The van der Waals surface area contributed by atoms with Gasteiger partial charge in [0.1, 0.15) is 0 Å². The van der Waals surface area contributed by atoms with Crippen molar-refractivity contribution in [2.45, 2.75) is 5.67 Å². The van der Waals surface area contributed by atoms with Gasteiger partial charge in [-0.2, -0.15) is 0 Å². The van der Waals surface area contributed by atoms with Crippen molar-refractivity contribution in [2.24, 2.45) is 0 Å². The Morgan fingerprint density at radius 1 is 1.21 bits per heavy atom. The first-order chi connectivity index (χ1) is 6.80. The Morgan fingerprint density at radius 2 is 2.07 bits per heavy atom. The molecule has 0 bridgehead atoms. The second-order valence-electron chi connectivity index (χ2n) is 3.81. The van der Waals surface area contributed by atoms with Crippen molar-refractivity contribution >= 4 is 10.9 Å². The molecule has 1 saturated heterocycles. The van der Waals surface area contributed by atoms with Crippen molar-refractivity contribution in [3.63, 3.8) is 0 Å². The van der Waals surface area contributed by atoms with Crippen molar-refractivity contribution in [1.29, 1.82) is 0 Å². The third-order valence-corrected chi connectivity index (χ3v) is 2.89. The Morgan fingerprint density at radius 3 is 2.79 bits per heavy atom. The van der Waals surface area contributed by atoms with E-state index < -0.39 is 5.67 Å². The zero-order chi connectivity index (χ0) is 9.60. The first-order valence-electron chi connectivity index (χ1n) is 4.76. The number of benzene rings is 1. The maximum absolute atomic E-state index is 14.2. The smallest absolute Gasteiger partial charge is 0.161 e. The first kappa shape index (κ1) is 8.00. The quantitative estimate of drug-likeness (QED) is 0.706. The molecule has 14 heavy (non-hydrogen) atoms. The maximum Gasteiger partial charge on any atom is 0.161 e. The van der Waals surface area contributed by atoms with Crippen LogP contribution in [-0.2, 0) is 5.67 Å². The van der Waals surface area contributed by atoms with Crippen molar-refractivity contribution in [3.8, 4) is 0 Å². The van der Waals surface area contributed by atoms with Gasteiger partial charge < -0.3 is 10.3 Å². The lowest BCUT2D eigenvalue weighted by atomic mass is 9.88. The number of halogens is 1. The topological polar surface area (TPSA) is 27.8 Å². The van der Waals surface area contributed by atoms with Crippen LogP contribution in [-0.4, -0.2) is 18.1 Å². The largest absolute Gasteiger partial charge is 0.361 e. The molecule has 1 fully saturated rings. The molecule has 2 aromatic rings. The molecule has 1 aromatic heterocycles. The molecule has 2 N–H and O–H groups in total. The van der Waals surface area contributed by atoms with Gasteiger partial charge in [-0.15, -0.1) is 0 Å². The van der Waals surface area contributed by atoms with Gasteiger partial charge in [0.25, 0.3) is 0 Å². The molecule has 2 heterocycles. The molecule has 2 nitrogen and oxygen atoms in total. The van der Waals surface area contributed by atoms with E-state index in [1.807, 2.05) is 30.5 Å². The Balaban J connectivity index is 2.24. The molecule has 0 unspecified atom stereocenters. The molecule has 0 radical (unpaired) electrons. The van der Waals surface area contributed by atoms with Crippen LogP contribution in [0.1, 0.15) is 5.56 Å². The number of hydrogen-bond acceptors (Lipinski definition) is 1. The number of hydrogen-bond donors (Lipinski definition) is 2. The molecule has 3 heteroatoms. The molecule has 0 aliphatic carbocycles. The van der Waals surface area contributed by atoms with Crippen LogP contribution in [0.4, 0.5) is 4.39 Å². The van der Waals surface area contributed by atoms with E-state index in [0.29, 0.717) is 13.1 Å². The minimum Gasteiger partial charge on any atom is -0.361 e. The Labute approximate surface area is 81.1 Å². The lowest BCUT2D eigenvalue weighted by molar-refractivity contribution is 0.0909. The van der Waals surface area contributed by atoms with Crippen LogP contribution in [0.25, 0.3) is 10.9 Å². The molecule has 1 aliphatic rings. The molecule has 3 rings (SSSR count). The molecule has 72 valence electrons. The highest BCUT2D eigenvalue weighted by molar-refractivity contribution is 5.84. The fourth-order valence-corrected chi connectivity index (χ4v) is 2.01. The highest BCUT2D eigenvalue weighted by Crippen LogP contribution is 2.34. The van der Waals surface area contributed by atoms with Gasteiger partial charge >= 0.3 is 0 Å². The normalized spacial score (nSPS) is 19.5. The van der Waals surface area contributed by atoms with Crippen LogP contribution in [0.15, 0.2) is 30.5 Å². The average Bonchev–Trinajstić information content (AvgIpc) is 2.61. The number of nitrogens with one attached hydrogen (secondary N) is 2. The third kappa shape index (κ3) is 0.930. The minimum absolute atomic E-state index is 0.428. The highest BCUT2D eigenvalue weighted by Gasteiger charge is 2.39. The summed E-state index contributed by atoms with van der Waals surface area (Å²) in [6.45, 7) is 0.856. The summed E-state index contributed by atoms with van der Waals surface area (Å²) in [7, 11) is 0. The van der Waals surface area contributed by atoms with E-state index in [2.05, 4.69) is 10.3 Å². The van der Waals surface area contributed by atoms with Gasteiger partial charge in [-0.25, -0.2) is 4.39 Å². The van der Waals surface area contributed by atoms with Crippen LogP contribution in [0.5, 0.6) is 0 Å². The SMILES string of the molecule is FC1(c2cccc3[nH]ccc23)CNC1. The molecule has 0 saturated carbocycles. The summed E-state index contributed by atoms with van der Waals surface area (Å²) in [5, 5.41) is 3.97. The van der Waals surface area contributed by atoms with Gasteiger partial charge in [-0.05, 0) is 12.1 Å². The number of alkyl halides is 1. The highest BCUT2D eigenvalue weighted by atomic mass is 19.1. The van der Waals surface area contributed by atoms with Crippen LogP contribution in [0.2, 0.25) is 0 Å². The number of rotatable bonds is 1. The predicted octanol–water partition coefficient (Wildman–Crippen LogP) is 1.94. The zero-order valence-corrected chi connectivity index (χ0v) is 7.68. The number of fused-ring (bicyclic) bond motifs is 1. The number of aromatic amines is 1. The molecular weight excluding hydrogens is 179 g/mol. The summed E-state index contributed by atoms with van der Waals surface area (Å²) in [5.41, 5.74) is 0.642. The Kier molecular flexibility index (Phi) is 1.47. The summed E-state index contributed by atoms with van der Waals surface area (Å²) >= 11 is 0. The predicted molar refractivity (Wildman–Crippen MR) is 54.0 cm³/mol. The monoisotopic (exact) mass is 190 g/mol. The van der Waals surface area contributed by atoms with Crippen LogP contribution < -0.4 is 5.32 Å². The summed E-state index contributed by atoms with van der Waals surface area (Å²) in [4.78, 5) is 3.09. The van der Waals surface area contributed by atoms with Crippen LogP contribution in [0, 0.1) is 0 Å². The fourth-order valence-electron chi connectivity index (χ4n) is 2.01. The van der Waals surface area contributed by atoms with E-state index in [1.165, 1.54) is 0 Å². The second-order valence-corrected chi connectivity index (χ2v) is 3.81. The lowest BCUT2D eigenvalue weighted by Gasteiger charge is -2.35. The number of aromatic nitrogens is 1. The van der Waals surface area contributed by atoms with Gasteiger partial charge in [0.15, 0.2) is 5.67 Å². The van der Waals surface area contributed by atoms with Crippen molar-refractivity contribution in [1.82, 2.24) is 10.3 Å². The van der Waals surface area contributed by atoms with Gasteiger partial charge in [0.05, 0.1) is 0 Å². The van der Waals surface area contributed by atoms with Crippen molar-refractivity contribution in [3.05, 3.63) is 36.0 Å². The lowest BCUT2D eigenvalue weighted by Crippen LogP contribution is -2.53. The van der Waals surface area contributed by atoms with E-state index in [9.17, 15) is 4.39 Å². The van der Waals surface area contributed by atoms with E-state index in [4.69, 9.17) is 0 Å². The standard InChI is InChI=1S/C11H11FN2/c12-11(6-13-7-11)9-2-1-3-10-8(9)4-5-14-10/h1-5,13-14H,6-7H2. The summed E-state index contributed by atoms with van der Waals surface area (Å²) < 4.78 is 14.2. The first-order valence-corrected chi connectivity index (χ1v) is 4.76. The molecule has 1 aromatic carbocycles. The molecule has 0 amide bonds. The fraction of sp³-hybridized carbons (Fsp3) is 0.273. The number of H-pyrrole nitrogens is 1. The van der Waals surface area contributed by atoms with Gasteiger partial charge in [-0.1, -0.05) is 12.1 Å². The van der Waals surface area contributed by atoms with Crippen molar-refractivity contribution < 1.29 is 4.39 Å². The van der Waals surface area contributed by atoms with E-state index >= 15 is 0 Å². The van der Waals surface area contributed by atoms with E-state index in [0.717, 1.165) is 16.5 Å². The summed E-state index contributed by atoms with van der Waals surface area (Å²) in [5.74, 6) is 0. The average molecular weight is 190 g/mol. The Hall–Kier alpha value is -1.35. The summed E-state index contributed by atoms with van der Waals surface area (Å²) in [6, 6.07) is 7.67. The third-order valence-electron chi connectivity index (χ3n) is 2.89. The van der Waals surface area contributed by atoms with Crippen molar-refractivity contribution in [2.75, 3.05) is 13.1 Å². The second kappa shape index (κ2) is 2.58. The van der Waals surface area contributed by atoms with Gasteiger partial charge in [-0.3, -0.25) is 0 Å². The molecule has 0 spiro atoms. The Bertz CT molecular complexity index is 471. The maximum atomic E-state index is 14.2. The minimum atomic E-state index is -1.16. The molecule has 0 atom stereocenters. The van der Waals surface area contributed by atoms with Gasteiger partial charge in [0, 0.05) is 35.8 Å². The molecular formula is C11H11FN2. The van der Waals surface area contributed by atoms with Crippen LogP contribution in [0.3, 0.4) is 0 Å². The molecule has 1 aliphatic heterocycles. The zero-order valence-electron chi connectivity index (χ0n) is 7.68. The van der Waals surface area contributed by atoms with Crippen LogP contribution >= 0.6 is 0 Å². The summed E-state index contributed by atoms with van der Waals surface area (Å²) in [6.07, 6.45) is 1.85. The van der Waals surface area contributed by atoms with Gasteiger partial charge in [0.2, 0.25) is 0 Å². The van der Waals surface area contributed by atoms with E-state index in [-0.39, 0.29) is 0 Å².